The van der Waals surface area contributed by atoms with E-state index >= 15 is 0 Å². The monoisotopic (exact) mass is 419 g/mol. The molecule has 6 nitrogen and oxygen atoms in total. The first-order valence-corrected chi connectivity index (χ1v) is 10.5. The summed E-state index contributed by atoms with van der Waals surface area (Å²) in [5.41, 5.74) is 5.88. The van der Waals surface area contributed by atoms with Gasteiger partial charge in [0.2, 0.25) is 0 Å². The molecule has 32 heavy (non-hydrogen) atoms. The van der Waals surface area contributed by atoms with Gasteiger partial charge in [-0.15, -0.1) is 0 Å². The predicted octanol–water partition coefficient (Wildman–Crippen LogP) is 4.89. The van der Waals surface area contributed by atoms with Gasteiger partial charge in [-0.1, -0.05) is 43.3 Å². The average molecular weight is 419 g/mol. The van der Waals surface area contributed by atoms with E-state index in [1.807, 2.05) is 74.2 Å². The zero-order valence-corrected chi connectivity index (χ0v) is 18.1. The SMILES string of the molecule is CCc1n[nH]c(=O)c2ccc(-c3cnn(C)c3-c3c(C)cc4ccccc4c3C#N)cc12. The van der Waals surface area contributed by atoms with Crippen LogP contribution in [0.3, 0.4) is 0 Å². The van der Waals surface area contributed by atoms with Crippen molar-refractivity contribution >= 4 is 21.5 Å². The first-order valence-electron chi connectivity index (χ1n) is 10.5. The number of aromatic amines is 1. The molecular formula is C26H21N5O. The van der Waals surface area contributed by atoms with Gasteiger partial charge >= 0.3 is 0 Å². The van der Waals surface area contributed by atoms with Gasteiger partial charge in [-0.25, -0.2) is 5.10 Å². The normalized spacial score (nSPS) is 11.2. The summed E-state index contributed by atoms with van der Waals surface area (Å²) in [5, 5.41) is 24.8. The van der Waals surface area contributed by atoms with Gasteiger partial charge in [0.25, 0.3) is 5.56 Å². The first kappa shape index (κ1) is 19.7. The van der Waals surface area contributed by atoms with E-state index in [-0.39, 0.29) is 5.56 Å². The fourth-order valence-corrected chi connectivity index (χ4v) is 4.51. The van der Waals surface area contributed by atoms with Crippen LogP contribution in [0.4, 0.5) is 0 Å². The first-order chi connectivity index (χ1) is 15.5. The van der Waals surface area contributed by atoms with E-state index in [0.717, 1.165) is 49.8 Å². The molecule has 0 aliphatic heterocycles. The smallest absolute Gasteiger partial charge is 0.267 e. The van der Waals surface area contributed by atoms with Crippen LogP contribution in [0.2, 0.25) is 0 Å². The summed E-state index contributed by atoms with van der Waals surface area (Å²) < 4.78 is 1.81. The Morgan fingerprint density at radius 2 is 1.91 bits per heavy atom. The van der Waals surface area contributed by atoms with Gasteiger partial charge in [-0.3, -0.25) is 9.48 Å². The molecule has 0 atom stereocenters. The van der Waals surface area contributed by atoms with Gasteiger partial charge in [-0.2, -0.15) is 15.5 Å². The highest BCUT2D eigenvalue weighted by Gasteiger charge is 2.21. The molecule has 156 valence electrons. The Bertz CT molecular complexity index is 1620. The summed E-state index contributed by atoms with van der Waals surface area (Å²) in [4.78, 5) is 12.3. The van der Waals surface area contributed by atoms with Gasteiger partial charge < -0.3 is 0 Å². The summed E-state index contributed by atoms with van der Waals surface area (Å²) in [7, 11) is 1.89. The average Bonchev–Trinajstić information content (AvgIpc) is 3.19. The van der Waals surface area contributed by atoms with E-state index in [1.165, 1.54) is 0 Å². The Morgan fingerprint density at radius 3 is 2.69 bits per heavy atom. The second-order valence-corrected chi connectivity index (χ2v) is 7.92. The Labute approximate surface area is 184 Å². The van der Waals surface area contributed by atoms with Crippen molar-refractivity contribution < 1.29 is 0 Å². The minimum Gasteiger partial charge on any atom is -0.267 e. The van der Waals surface area contributed by atoms with Crippen molar-refractivity contribution in [3.05, 3.63) is 81.9 Å². The Kier molecular flexibility index (Phi) is 4.60. The molecule has 2 heterocycles. The number of hydrogen-bond acceptors (Lipinski definition) is 4. The highest BCUT2D eigenvalue weighted by Crippen LogP contribution is 2.39. The molecule has 5 rings (SSSR count). The summed E-state index contributed by atoms with van der Waals surface area (Å²) in [5.74, 6) is 0. The van der Waals surface area contributed by atoms with Crippen molar-refractivity contribution in [2.45, 2.75) is 20.3 Å². The van der Waals surface area contributed by atoms with Crippen LogP contribution in [0.15, 0.2) is 59.5 Å². The third-order valence-electron chi connectivity index (χ3n) is 6.05. The van der Waals surface area contributed by atoms with Gasteiger partial charge in [-0.05, 0) is 42.0 Å². The second kappa shape index (κ2) is 7.47. The van der Waals surface area contributed by atoms with Crippen LogP contribution in [0.5, 0.6) is 0 Å². The number of nitrogens with zero attached hydrogens (tertiary/aromatic N) is 4. The number of rotatable bonds is 3. The third kappa shape index (κ3) is 2.90. The van der Waals surface area contributed by atoms with Crippen molar-refractivity contribution in [2.24, 2.45) is 7.05 Å². The summed E-state index contributed by atoms with van der Waals surface area (Å²) in [6.07, 6.45) is 2.53. The van der Waals surface area contributed by atoms with Crippen LogP contribution in [0.1, 0.15) is 23.7 Å². The number of nitrogens with one attached hydrogen (secondary N) is 1. The van der Waals surface area contributed by atoms with Gasteiger partial charge in [0.05, 0.1) is 28.5 Å². The molecule has 0 saturated carbocycles. The highest BCUT2D eigenvalue weighted by atomic mass is 16.1. The van der Waals surface area contributed by atoms with Crippen molar-refractivity contribution in [1.82, 2.24) is 20.0 Å². The molecule has 0 amide bonds. The quantitative estimate of drug-likeness (QED) is 0.451. The number of nitriles is 1. The lowest BCUT2D eigenvalue weighted by Crippen LogP contribution is -2.10. The molecule has 5 aromatic rings. The standard InChI is InChI=1S/C26H21N5O/c1-4-23-20-12-17(9-10-19(20)26(32)30-29-23)22-14-28-31(3)25(22)24-15(2)11-16-7-5-6-8-18(16)21(24)13-27/h5-12,14H,4H2,1-3H3,(H,30,32). The largest absolute Gasteiger partial charge is 0.272 e. The lowest BCUT2D eigenvalue weighted by Gasteiger charge is -2.15. The van der Waals surface area contributed by atoms with Gasteiger partial charge in [0.15, 0.2) is 0 Å². The number of fused-ring (bicyclic) bond motifs is 2. The molecule has 3 aromatic carbocycles. The minimum atomic E-state index is -0.202. The molecule has 0 radical (unpaired) electrons. The van der Waals surface area contributed by atoms with Crippen molar-refractivity contribution in [3.8, 4) is 28.5 Å². The number of benzene rings is 3. The van der Waals surface area contributed by atoms with E-state index < -0.39 is 0 Å². The molecule has 0 fully saturated rings. The van der Waals surface area contributed by atoms with E-state index in [0.29, 0.717) is 17.4 Å². The number of aryl methyl sites for hydroxylation is 3. The van der Waals surface area contributed by atoms with Gasteiger partial charge in [0.1, 0.15) is 6.07 Å². The summed E-state index contributed by atoms with van der Waals surface area (Å²) in [6, 6.07) is 18.2. The topological polar surface area (TPSA) is 87.4 Å². The molecule has 0 aliphatic rings. The fourth-order valence-electron chi connectivity index (χ4n) is 4.51. The van der Waals surface area contributed by atoms with Crippen LogP contribution >= 0.6 is 0 Å². The van der Waals surface area contributed by atoms with Crippen molar-refractivity contribution in [2.75, 3.05) is 0 Å². The van der Waals surface area contributed by atoms with Crippen LogP contribution in [0.25, 0.3) is 43.9 Å². The maximum atomic E-state index is 12.3. The molecule has 2 aromatic heterocycles. The lowest BCUT2D eigenvalue weighted by molar-refractivity contribution is 0.775. The van der Waals surface area contributed by atoms with E-state index in [1.54, 1.807) is 0 Å². The number of hydrogen-bond donors (Lipinski definition) is 1. The molecule has 0 aliphatic carbocycles. The van der Waals surface area contributed by atoms with Gasteiger partial charge in [0, 0.05) is 28.9 Å². The molecule has 6 heteroatoms. The highest BCUT2D eigenvalue weighted by molar-refractivity contribution is 5.99. The summed E-state index contributed by atoms with van der Waals surface area (Å²) >= 11 is 0. The van der Waals surface area contributed by atoms with Crippen LogP contribution in [0, 0.1) is 18.3 Å². The van der Waals surface area contributed by atoms with Crippen molar-refractivity contribution in [1.29, 1.82) is 5.26 Å². The zero-order valence-electron chi connectivity index (χ0n) is 18.1. The zero-order chi connectivity index (χ0) is 22.4. The Hall–Kier alpha value is -4.24. The Balaban J connectivity index is 1.82. The molecule has 0 saturated heterocycles. The van der Waals surface area contributed by atoms with Crippen LogP contribution in [-0.4, -0.2) is 20.0 Å². The van der Waals surface area contributed by atoms with Crippen LogP contribution < -0.4 is 5.56 Å². The molecular weight excluding hydrogens is 398 g/mol. The number of aromatic nitrogens is 4. The summed E-state index contributed by atoms with van der Waals surface area (Å²) in [6.45, 7) is 4.04. The molecule has 0 unspecified atom stereocenters. The predicted molar refractivity (Wildman–Crippen MR) is 126 cm³/mol. The minimum absolute atomic E-state index is 0.202. The molecule has 0 spiro atoms. The van der Waals surface area contributed by atoms with E-state index in [9.17, 15) is 10.1 Å². The lowest BCUT2D eigenvalue weighted by atomic mass is 9.90. The maximum Gasteiger partial charge on any atom is 0.272 e. The van der Waals surface area contributed by atoms with Crippen LogP contribution in [-0.2, 0) is 13.5 Å². The van der Waals surface area contributed by atoms with Crippen molar-refractivity contribution in [3.63, 3.8) is 0 Å². The Morgan fingerprint density at radius 1 is 1.09 bits per heavy atom. The molecule has 0 bridgehead atoms. The third-order valence-corrected chi connectivity index (χ3v) is 6.05. The fraction of sp³-hybridized carbons (Fsp3) is 0.154. The maximum absolute atomic E-state index is 12.3. The van der Waals surface area contributed by atoms with E-state index in [4.69, 9.17) is 0 Å². The second-order valence-electron chi connectivity index (χ2n) is 7.92. The van der Waals surface area contributed by atoms with E-state index in [2.05, 4.69) is 27.4 Å². The molecule has 1 N–H and O–H groups in total. The number of H-pyrrole nitrogens is 1.